The highest BCUT2D eigenvalue weighted by Gasteiger charge is 2.31. The molecule has 1 aromatic rings. The molecule has 1 aromatic carbocycles. The van der Waals surface area contributed by atoms with E-state index in [9.17, 15) is 13.2 Å². The van der Waals surface area contributed by atoms with Crippen molar-refractivity contribution < 1.29 is 23.1 Å². The highest BCUT2D eigenvalue weighted by Crippen LogP contribution is 2.27. The maximum absolute atomic E-state index is 12.7. The molecule has 0 atom stereocenters. The Morgan fingerprint density at radius 1 is 1.17 bits per heavy atom. The lowest BCUT2D eigenvalue weighted by atomic mass is 10.1. The molecule has 1 N–H and O–H groups in total. The lowest BCUT2D eigenvalue weighted by Gasteiger charge is -2.29. The summed E-state index contributed by atoms with van der Waals surface area (Å²) in [5.41, 5.74) is 0.796. The van der Waals surface area contributed by atoms with Crippen LogP contribution < -0.4 is 4.74 Å². The van der Waals surface area contributed by atoms with Gasteiger partial charge in [0, 0.05) is 31.7 Å². The highest BCUT2D eigenvalue weighted by atomic mass is 32.2. The average molecular weight is 338 g/mol. The summed E-state index contributed by atoms with van der Waals surface area (Å²) in [7, 11) is -3.56. The highest BCUT2D eigenvalue weighted by molar-refractivity contribution is 7.86. The van der Waals surface area contributed by atoms with Crippen molar-refractivity contribution in [3.05, 3.63) is 41.5 Å². The van der Waals surface area contributed by atoms with Crippen LogP contribution in [0.2, 0.25) is 0 Å². The number of benzene rings is 1. The number of fused-ring (bicyclic) bond motifs is 1. The fourth-order valence-electron chi connectivity index (χ4n) is 2.67. The molecule has 0 saturated heterocycles. The Labute approximate surface area is 134 Å². The Bertz CT molecular complexity index is 744. The molecule has 124 valence electrons. The first kappa shape index (κ1) is 16.0. The number of nitrogens with zero attached hydrogens (tertiary/aromatic N) is 2. The van der Waals surface area contributed by atoms with Crippen molar-refractivity contribution in [3.63, 3.8) is 0 Å². The summed E-state index contributed by atoms with van der Waals surface area (Å²) in [5, 5.41) is 9.03. The normalized spacial score (nSPS) is 19.7. The van der Waals surface area contributed by atoms with E-state index in [1.54, 1.807) is 6.07 Å². The van der Waals surface area contributed by atoms with E-state index in [0.29, 0.717) is 30.8 Å². The number of carbonyl (C=O) groups is 1. The minimum absolute atomic E-state index is 0.126. The molecule has 2 aliphatic rings. The van der Waals surface area contributed by atoms with Crippen LogP contribution in [0.4, 0.5) is 0 Å². The topological polar surface area (TPSA) is 87.1 Å². The Morgan fingerprint density at radius 3 is 2.70 bits per heavy atom. The number of rotatable bonds is 3. The van der Waals surface area contributed by atoms with Crippen molar-refractivity contribution >= 4 is 16.2 Å². The largest absolute Gasteiger partial charge is 0.492 e. The van der Waals surface area contributed by atoms with Crippen molar-refractivity contribution in [3.8, 4) is 5.75 Å². The molecule has 3 rings (SSSR count). The Balaban J connectivity index is 1.86. The number of carboxylic acids is 1. The van der Waals surface area contributed by atoms with E-state index in [1.807, 2.05) is 12.2 Å². The molecule has 0 aliphatic carbocycles. The van der Waals surface area contributed by atoms with Crippen molar-refractivity contribution in [2.45, 2.75) is 13.0 Å². The molecule has 0 spiro atoms. The van der Waals surface area contributed by atoms with Gasteiger partial charge in [0.15, 0.2) is 0 Å². The predicted octanol–water partition coefficient (Wildman–Crippen LogP) is 1.09. The van der Waals surface area contributed by atoms with Gasteiger partial charge in [-0.25, -0.2) is 4.79 Å². The molecule has 0 bridgehead atoms. The van der Waals surface area contributed by atoms with E-state index >= 15 is 0 Å². The minimum atomic E-state index is -3.56. The van der Waals surface area contributed by atoms with Crippen LogP contribution in [0, 0.1) is 0 Å². The second-order valence-corrected chi connectivity index (χ2v) is 7.36. The molecule has 7 nitrogen and oxygen atoms in total. The van der Waals surface area contributed by atoms with Crippen LogP contribution in [-0.2, 0) is 16.8 Å². The first-order valence-corrected chi connectivity index (χ1v) is 8.77. The molecular weight excluding hydrogens is 320 g/mol. The Morgan fingerprint density at radius 2 is 2.00 bits per heavy atom. The second kappa shape index (κ2) is 6.31. The van der Waals surface area contributed by atoms with Crippen molar-refractivity contribution in [1.82, 2.24) is 8.61 Å². The zero-order valence-corrected chi connectivity index (χ0v) is 13.3. The maximum atomic E-state index is 12.7. The van der Waals surface area contributed by atoms with E-state index in [0.717, 1.165) is 0 Å². The fraction of sp³-hybridized carbons (Fsp3) is 0.400. The van der Waals surface area contributed by atoms with Gasteiger partial charge in [0.2, 0.25) is 0 Å². The van der Waals surface area contributed by atoms with Gasteiger partial charge < -0.3 is 9.84 Å². The standard InChI is InChI=1S/C15H18N2O5S/c18-15(19)12-4-5-13-11-17(8-9-22-14(13)10-12)23(20,21)16-6-2-1-3-7-16/h1-2,4-5,10H,3,6-9,11H2,(H,18,19). The third-order valence-corrected chi connectivity index (χ3v) is 5.88. The van der Waals surface area contributed by atoms with Gasteiger partial charge in [0.1, 0.15) is 12.4 Å². The summed E-state index contributed by atoms with van der Waals surface area (Å²) in [4.78, 5) is 11.0. The van der Waals surface area contributed by atoms with Gasteiger partial charge in [-0.3, -0.25) is 0 Å². The molecule has 23 heavy (non-hydrogen) atoms. The minimum Gasteiger partial charge on any atom is -0.492 e. The third kappa shape index (κ3) is 3.24. The lowest BCUT2D eigenvalue weighted by molar-refractivity contribution is 0.0696. The summed E-state index contributed by atoms with van der Waals surface area (Å²) in [6.07, 6.45) is 4.53. The number of carboxylic acid groups (broad SMARTS) is 1. The van der Waals surface area contributed by atoms with Crippen LogP contribution >= 0.6 is 0 Å². The van der Waals surface area contributed by atoms with Gasteiger partial charge in [-0.2, -0.15) is 17.0 Å². The van der Waals surface area contributed by atoms with Gasteiger partial charge in [0.05, 0.1) is 5.56 Å². The SMILES string of the molecule is O=C(O)c1ccc2c(c1)OCCN(S(=O)(=O)N1CC=CCC1)C2. The number of ether oxygens (including phenoxy) is 1. The van der Waals surface area contributed by atoms with Crippen LogP contribution in [-0.4, -0.2) is 54.3 Å². The lowest BCUT2D eigenvalue weighted by Crippen LogP contribution is -2.45. The van der Waals surface area contributed by atoms with Gasteiger partial charge in [-0.15, -0.1) is 0 Å². The number of hydrogen-bond acceptors (Lipinski definition) is 4. The van der Waals surface area contributed by atoms with Gasteiger partial charge >= 0.3 is 5.97 Å². The zero-order valence-electron chi connectivity index (χ0n) is 12.5. The molecule has 0 unspecified atom stereocenters. The molecular formula is C15H18N2O5S. The third-order valence-electron chi connectivity index (χ3n) is 3.93. The molecule has 0 fully saturated rings. The summed E-state index contributed by atoms with van der Waals surface area (Å²) in [6, 6.07) is 4.52. The van der Waals surface area contributed by atoms with Crippen LogP contribution in [0.15, 0.2) is 30.4 Å². The molecule has 2 heterocycles. The molecule has 0 amide bonds. The van der Waals surface area contributed by atoms with E-state index in [1.165, 1.54) is 20.7 Å². The Hall–Kier alpha value is -1.90. The van der Waals surface area contributed by atoms with E-state index in [-0.39, 0.29) is 25.3 Å². The second-order valence-electron chi connectivity index (χ2n) is 5.44. The van der Waals surface area contributed by atoms with Crippen LogP contribution in [0.3, 0.4) is 0 Å². The van der Waals surface area contributed by atoms with Crippen molar-refractivity contribution in [1.29, 1.82) is 0 Å². The van der Waals surface area contributed by atoms with Crippen LogP contribution in [0.25, 0.3) is 0 Å². The summed E-state index contributed by atoms with van der Waals surface area (Å²) < 4.78 is 33.9. The molecule has 8 heteroatoms. The molecule has 0 radical (unpaired) electrons. The predicted molar refractivity (Wildman–Crippen MR) is 83.6 cm³/mol. The molecule has 0 saturated carbocycles. The van der Waals surface area contributed by atoms with Crippen molar-refractivity contribution in [2.75, 3.05) is 26.2 Å². The van der Waals surface area contributed by atoms with E-state index in [2.05, 4.69) is 0 Å². The first-order chi connectivity index (χ1) is 11.0. The molecule has 2 aliphatic heterocycles. The molecule has 0 aromatic heterocycles. The summed E-state index contributed by atoms with van der Waals surface area (Å²) >= 11 is 0. The Kier molecular flexibility index (Phi) is 4.38. The van der Waals surface area contributed by atoms with Gasteiger partial charge in [-0.05, 0) is 18.6 Å². The first-order valence-electron chi connectivity index (χ1n) is 7.38. The van der Waals surface area contributed by atoms with Crippen LogP contribution in [0.1, 0.15) is 22.3 Å². The summed E-state index contributed by atoms with van der Waals surface area (Å²) in [6.45, 7) is 1.46. The monoisotopic (exact) mass is 338 g/mol. The van der Waals surface area contributed by atoms with E-state index in [4.69, 9.17) is 9.84 Å². The van der Waals surface area contributed by atoms with Gasteiger partial charge in [-0.1, -0.05) is 18.2 Å². The van der Waals surface area contributed by atoms with Gasteiger partial charge in [0.25, 0.3) is 10.2 Å². The number of hydrogen-bond donors (Lipinski definition) is 1. The fourth-order valence-corrected chi connectivity index (χ4v) is 4.21. The zero-order chi connectivity index (χ0) is 16.4. The van der Waals surface area contributed by atoms with E-state index < -0.39 is 16.2 Å². The quantitative estimate of drug-likeness (QED) is 0.834. The smallest absolute Gasteiger partial charge is 0.335 e. The van der Waals surface area contributed by atoms with Crippen LogP contribution in [0.5, 0.6) is 5.75 Å². The summed E-state index contributed by atoms with van der Waals surface area (Å²) in [5.74, 6) is -0.605. The average Bonchev–Trinajstić information content (AvgIpc) is 2.77. The van der Waals surface area contributed by atoms with Crippen molar-refractivity contribution in [2.24, 2.45) is 0 Å². The number of aromatic carboxylic acids is 1. The maximum Gasteiger partial charge on any atom is 0.335 e.